The maximum Gasteiger partial charge on any atom is 0.271 e. The van der Waals surface area contributed by atoms with Crippen LogP contribution in [0.25, 0.3) is 11.3 Å². The number of nitrogens with two attached hydrogens (primary N) is 1. The monoisotopic (exact) mass is 444 g/mol. The van der Waals surface area contributed by atoms with Gasteiger partial charge in [-0.2, -0.15) is 15.4 Å². The van der Waals surface area contributed by atoms with Crippen LogP contribution in [0.2, 0.25) is 0 Å². The molecule has 0 bridgehead atoms. The van der Waals surface area contributed by atoms with Crippen LogP contribution in [0.5, 0.6) is 17.2 Å². The highest BCUT2D eigenvalue weighted by Crippen LogP contribution is 2.24. The number of rotatable bonds is 11. The zero-order valence-corrected chi connectivity index (χ0v) is 17.9. The standard InChI is InChI=1S/C25H24N4O4/c26-25(30)24-23(27-29-28-24)19-8-4-9-22(16-19)32-15-5-14-31-20-10-12-21(13-11-20)33-17-18-6-2-1-3-7-18/h1-4,6-13,16H,5,14-15,17H2,(H2,26,30)(H,27,28,29). The van der Waals surface area contributed by atoms with Crippen LogP contribution >= 0.6 is 0 Å². The number of nitrogens with one attached hydrogen (secondary N) is 1. The average Bonchev–Trinajstić information content (AvgIpc) is 3.35. The molecule has 1 amide bonds. The van der Waals surface area contributed by atoms with Gasteiger partial charge in [-0.1, -0.05) is 42.5 Å². The quantitative estimate of drug-likeness (QED) is 0.338. The lowest BCUT2D eigenvalue weighted by Gasteiger charge is -2.10. The highest BCUT2D eigenvalue weighted by Gasteiger charge is 2.15. The molecule has 0 saturated carbocycles. The molecule has 33 heavy (non-hydrogen) atoms. The summed E-state index contributed by atoms with van der Waals surface area (Å²) in [7, 11) is 0. The van der Waals surface area contributed by atoms with Gasteiger partial charge in [0.1, 0.15) is 29.5 Å². The Hall–Kier alpha value is -4.33. The number of carbonyl (C=O) groups excluding carboxylic acids is 1. The summed E-state index contributed by atoms with van der Waals surface area (Å²) in [5, 5.41) is 10.2. The van der Waals surface area contributed by atoms with Gasteiger partial charge in [0.05, 0.1) is 13.2 Å². The lowest BCUT2D eigenvalue weighted by atomic mass is 10.1. The van der Waals surface area contributed by atoms with Crippen molar-refractivity contribution in [2.24, 2.45) is 5.73 Å². The van der Waals surface area contributed by atoms with Crippen molar-refractivity contribution in [1.82, 2.24) is 15.4 Å². The van der Waals surface area contributed by atoms with Gasteiger partial charge < -0.3 is 19.9 Å². The van der Waals surface area contributed by atoms with Gasteiger partial charge in [0, 0.05) is 12.0 Å². The van der Waals surface area contributed by atoms with E-state index < -0.39 is 5.91 Å². The lowest BCUT2D eigenvalue weighted by molar-refractivity contribution is 0.0996. The number of hydrogen-bond donors (Lipinski definition) is 2. The zero-order chi connectivity index (χ0) is 22.9. The fourth-order valence-electron chi connectivity index (χ4n) is 3.15. The Labute approximate surface area is 191 Å². The summed E-state index contributed by atoms with van der Waals surface area (Å²) in [6.07, 6.45) is 0.701. The molecule has 8 heteroatoms. The Morgan fingerprint density at radius 1 is 0.788 bits per heavy atom. The van der Waals surface area contributed by atoms with Gasteiger partial charge in [-0.3, -0.25) is 4.79 Å². The number of nitrogens with zero attached hydrogens (tertiary/aromatic N) is 2. The molecule has 0 atom stereocenters. The average molecular weight is 444 g/mol. The Bertz CT molecular complexity index is 1180. The molecule has 3 N–H and O–H groups in total. The second kappa shape index (κ2) is 10.8. The van der Waals surface area contributed by atoms with Crippen LogP contribution in [0.15, 0.2) is 78.9 Å². The van der Waals surface area contributed by atoms with Gasteiger partial charge in [0.2, 0.25) is 0 Å². The molecule has 0 aliphatic heterocycles. The number of aromatic amines is 1. The molecule has 0 saturated heterocycles. The van der Waals surface area contributed by atoms with Gasteiger partial charge >= 0.3 is 0 Å². The van der Waals surface area contributed by atoms with Crippen LogP contribution in [0, 0.1) is 0 Å². The van der Waals surface area contributed by atoms with Crippen LogP contribution in [-0.4, -0.2) is 34.5 Å². The van der Waals surface area contributed by atoms with E-state index in [1.807, 2.05) is 72.8 Å². The summed E-state index contributed by atoms with van der Waals surface area (Å²) in [6, 6.07) is 24.9. The summed E-state index contributed by atoms with van der Waals surface area (Å²) in [4.78, 5) is 11.5. The highest BCUT2D eigenvalue weighted by molar-refractivity contribution is 5.96. The highest BCUT2D eigenvalue weighted by atomic mass is 16.5. The molecule has 0 fully saturated rings. The number of H-pyrrole nitrogens is 1. The number of aromatic nitrogens is 3. The first-order valence-electron chi connectivity index (χ1n) is 10.5. The normalized spacial score (nSPS) is 10.5. The Morgan fingerprint density at radius 3 is 2.21 bits per heavy atom. The van der Waals surface area contributed by atoms with Crippen molar-refractivity contribution in [2.75, 3.05) is 13.2 Å². The third kappa shape index (κ3) is 6.10. The van der Waals surface area contributed by atoms with E-state index in [0.717, 1.165) is 17.1 Å². The van der Waals surface area contributed by atoms with E-state index in [0.29, 0.717) is 43.2 Å². The molecule has 0 radical (unpaired) electrons. The fraction of sp³-hybridized carbons (Fsp3) is 0.160. The van der Waals surface area contributed by atoms with Crippen LogP contribution < -0.4 is 19.9 Å². The molecule has 168 valence electrons. The van der Waals surface area contributed by atoms with Gasteiger partial charge in [-0.25, -0.2) is 0 Å². The molecule has 1 aromatic heterocycles. The van der Waals surface area contributed by atoms with E-state index in [2.05, 4.69) is 15.4 Å². The number of primary amides is 1. The van der Waals surface area contributed by atoms with Crippen LogP contribution in [0.1, 0.15) is 22.5 Å². The Morgan fingerprint density at radius 2 is 1.48 bits per heavy atom. The van der Waals surface area contributed by atoms with Gasteiger partial charge in [0.25, 0.3) is 5.91 Å². The van der Waals surface area contributed by atoms with Gasteiger partial charge in [-0.05, 0) is 42.0 Å². The molecule has 1 heterocycles. The molecule has 0 unspecified atom stereocenters. The number of amides is 1. The molecule has 4 aromatic rings. The van der Waals surface area contributed by atoms with Crippen LogP contribution in [-0.2, 0) is 6.61 Å². The number of benzene rings is 3. The van der Waals surface area contributed by atoms with Crippen molar-refractivity contribution in [2.45, 2.75) is 13.0 Å². The predicted octanol–water partition coefficient (Wildman–Crippen LogP) is 4.00. The summed E-state index contributed by atoms with van der Waals surface area (Å²) in [5.74, 6) is 1.58. The van der Waals surface area contributed by atoms with E-state index in [9.17, 15) is 4.79 Å². The minimum absolute atomic E-state index is 0.0945. The summed E-state index contributed by atoms with van der Waals surface area (Å²) < 4.78 is 17.4. The van der Waals surface area contributed by atoms with E-state index >= 15 is 0 Å². The van der Waals surface area contributed by atoms with Crippen molar-refractivity contribution in [3.63, 3.8) is 0 Å². The molecule has 0 aliphatic rings. The third-order valence-corrected chi connectivity index (χ3v) is 4.79. The third-order valence-electron chi connectivity index (χ3n) is 4.79. The number of carbonyl (C=O) groups is 1. The second-order valence-corrected chi connectivity index (χ2v) is 7.21. The maximum absolute atomic E-state index is 11.5. The molecule has 0 spiro atoms. The SMILES string of the molecule is NC(=O)c1n[nH]nc1-c1cccc(OCCCOc2ccc(OCc3ccccc3)cc2)c1. The van der Waals surface area contributed by atoms with Crippen molar-refractivity contribution < 1.29 is 19.0 Å². The molecule has 0 aliphatic carbocycles. The largest absolute Gasteiger partial charge is 0.493 e. The zero-order valence-electron chi connectivity index (χ0n) is 17.9. The minimum Gasteiger partial charge on any atom is -0.493 e. The molecule has 3 aromatic carbocycles. The van der Waals surface area contributed by atoms with E-state index in [1.54, 1.807) is 6.07 Å². The minimum atomic E-state index is -0.641. The molecule has 4 rings (SSSR count). The predicted molar refractivity (Wildman–Crippen MR) is 123 cm³/mol. The second-order valence-electron chi connectivity index (χ2n) is 7.21. The number of ether oxygens (including phenoxy) is 3. The lowest BCUT2D eigenvalue weighted by Crippen LogP contribution is -2.12. The Balaban J connectivity index is 1.20. The first-order chi connectivity index (χ1) is 16.2. The summed E-state index contributed by atoms with van der Waals surface area (Å²) >= 11 is 0. The fourth-order valence-corrected chi connectivity index (χ4v) is 3.15. The smallest absolute Gasteiger partial charge is 0.271 e. The van der Waals surface area contributed by atoms with Crippen LogP contribution in [0.3, 0.4) is 0 Å². The summed E-state index contributed by atoms with van der Waals surface area (Å²) in [6.45, 7) is 1.52. The Kier molecular flexibility index (Phi) is 7.17. The maximum atomic E-state index is 11.5. The van der Waals surface area contributed by atoms with Gasteiger partial charge in [-0.15, -0.1) is 0 Å². The number of hydrogen-bond acceptors (Lipinski definition) is 6. The van der Waals surface area contributed by atoms with E-state index in [4.69, 9.17) is 19.9 Å². The summed E-state index contributed by atoms with van der Waals surface area (Å²) in [5.41, 5.74) is 7.64. The molecular weight excluding hydrogens is 420 g/mol. The van der Waals surface area contributed by atoms with E-state index in [-0.39, 0.29) is 5.69 Å². The van der Waals surface area contributed by atoms with Crippen molar-refractivity contribution in [1.29, 1.82) is 0 Å². The molecule has 8 nitrogen and oxygen atoms in total. The van der Waals surface area contributed by atoms with Gasteiger partial charge in [0.15, 0.2) is 5.69 Å². The first-order valence-corrected chi connectivity index (χ1v) is 10.5. The van der Waals surface area contributed by atoms with E-state index in [1.165, 1.54) is 0 Å². The topological polar surface area (TPSA) is 112 Å². The molecular formula is C25H24N4O4. The van der Waals surface area contributed by atoms with Crippen molar-refractivity contribution in [3.8, 4) is 28.5 Å². The van der Waals surface area contributed by atoms with Crippen LogP contribution in [0.4, 0.5) is 0 Å². The van der Waals surface area contributed by atoms with Crippen molar-refractivity contribution >= 4 is 5.91 Å². The van der Waals surface area contributed by atoms with Crippen molar-refractivity contribution in [3.05, 3.63) is 90.1 Å². The first kappa shape index (κ1) is 21.9.